The van der Waals surface area contributed by atoms with Gasteiger partial charge in [0.25, 0.3) is 0 Å². The molecular formula is C10H9F2O2S-. The van der Waals surface area contributed by atoms with E-state index in [0.29, 0.717) is 24.0 Å². The molecule has 82 valence electrons. The number of halogens is 2. The first-order chi connectivity index (χ1) is 7.11. The Kier molecular flexibility index (Phi) is 2.84. The fourth-order valence-electron chi connectivity index (χ4n) is 2.01. The van der Waals surface area contributed by atoms with Gasteiger partial charge in [-0.2, -0.15) is 0 Å². The average molecular weight is 231 g/mol. The molecule has 0 amide bonds. The van der Waals surface area contributed by atoms with E-state index in [9.17, 15) is 17.5 Å². The summed E-state index contributed by atoms with van der Waals surface area (Å²) >= 11 is -2.80. The van der Waals surface area contributed by atoms with Gasteiger partial charge in [0.05, 0.1) is 0 Å². The van der Waals surface area contributed by atoms with Crippen LogP contribution in [-0.4, -0.2) is 8.76 Å². The zero-order chi connectivity index (χ0) is 11.0. The molecule has 0 aromatic heterocycles. The zero-order valence-electron chi connectivity index (χ0n) is 7.83. The van der Waals surface area contributed by atoms with Gasteiger partial charge >= 0.3 is 0 Å². The molecule has 0 N–H and O–H groups in total. The summed E-state index contributed by atoms with van der Waals surface area (Å²) in [7, 11) is 0. The van der Waals surface area contributed by atoms with Gasteiger partial charge < -0.3 is 4.55 Å². The van der Waals surface area contributed by atoms with E-state index in [1.54, 1.807) is 0 Å². The van der Waals surface area contributed by atoms with Crippen LogP contribution in [0.15, 0.2) is 12.1 Å². The van der Waals surface area contributed by atoms with E-state index in [0.717, 1.165) is 12.5 Å². The molecule has 0 spiro atoms. The van der Waals surface area contributed by atoms with Crippen molar-refractivity contribution in [3.8, 4) is 0 Å². The van der Waals surface area contributed by atoms with Gasteiger partial charge in [0, 0.05) is 5.56 Å². The predicted molar refractivity (Wildman–Crippen MR) is 51.2 cm³/mol. The maximum absolute atomic E-state index is 13.3. The first-order valence-electron chi connectivity index (χ1n) is 4.63. The summed E-state index contributed by atoms with van der Waals surface area (Å²) in [6, 6.07) is 2.36. The Labute approximate surface area is 88.6 Å². The van der Waals surface area contributed by atoms with E-state index in [1.807, 2.05) is 0 Å². The van der Waals surface area contributed by atoms with Gasteiger partial charge in [0.15, 0.2) is 5.50 Å². The highest BCUT2D eigenvalue weighted by atomic mass is 32.2. The molecule has 1 aromatic carbocycles. The Morgan fingerprint density at radius 2 is 2.00 bits per heavy atom. The second-order valence-electron chi connectivity index (χ2n) is 3.52. The van der Waals surface area contributed by atoms with Crippen LogP contribution in [0.3, 0.4) is 0 Å². The van der Waals surface area contributed by atoms with Crippen LogP contribution in [0.4, 0.5) is 8.78 Å². The predicted octanol–water partition coefficient (Wildman–Crippen LogP) is 2.16. The summed E-state index contributed by atoms with van der Waals surface area (Å²) in [4.78, 5) is 0. The maximum atomic E-state index is 13.3. The maximum Gasteiger partial charge on any atom is 0.187 e. The zero-order valence-corrected chi connectivity index (χ0v) is 8.65. The van der Waals surface area contributed by atoms with E-state index in [4.69, 9.17) is 0 Å². The molecule has 0 saturated heterocycles. The molecule has 2 nitrogen and oxygen atoms in total. The standard InChI is InChI=1S/C10H10F2O2S/c11-9-5-4-8(10(12)15(13)14)6-2-1-3-7(6)9/h4-5,10H,1-3H2,(H,13,14)/p-1. The summed E-state index contributed by atoms with van der Waals surface area (Å²) in [6.07, 6.45) is 1.87. The molecule has 0 heterocycles. The highest BCUT2D eigenvalue weighted by Gasteiger charge is 2.23. The van der Waals surface area contributed by atoms with E-state index < -0.39 is 16.6 Å². The van der Waals surface area contributed by atoms with E-state index in [2.05, 4.69) is 0 Å². The highest BCUT2D eigenvalue weighted by Crippen LogP contribution is 2.33. The molecule has 0 fully saturated rings. The van der Waals surface area contributed by atoms with Crippen LogP contribution in [-0.2, 0) is 23.9 Å². The first kappa shape index (κ1) is 10.7. The Bertz CT molecular complexity index is 420. The van der Waals surface area contributed by atoms with E-state index in [1.165, 1.54) is 6.07 Å². The van der Waals surface area contributed by atoms with Crippen LogP contribution >= 0.6 is 0 Å². The van der Waals surface area contributed by atoms with E-state index in [-0.39, 0.29) is 11.4 Å². The largest absolute Gasteiger partial charge is 0.770 e. The molecule has 0 radical (unpaired) electrons. The molecule has 5 heteroatoms. The van der Waals surface area contributed by atoms with Gasteiger partial charge in [-0.3, -0.25) is 4.21 Å². The summed E-state index contributed by atoms with van der Waals surface area (Å²) < 4.78 is 47.6. The second-order valence-corrected chi connectivity index (χ2v) is 4.46. The van der Waals surface area contributed by atoms with Crippen LogP contribution in [0.25, 0.3) is 0 Å². The van der Waals surface area contributed by atoms with Crippen molar-refractivity contribution in [2.75, 3.05) is 0 Å². The van der Waals surface area contributed by atoms with Gasteiger partial charge in [-0.1, -0.05) is 6.07 Å². The third-order valence-corrected chi connectivity index (χ3v) is 3.27. The molecule has 1 aliphatic carbocycles. The fourth-order valence-corrected chi connectivity index (χ4v) is 2.43. The number of rotatable bonds is 2. The first-order valence-corrected chi connectivity index (χ1v) is 5.77. The summed E-state index contributed by atoms with van der Waals surface area (Å²) in [5.74, 6) is -0.366. The summed E-state index contributed by atoms with van der Waals surface area (Å²) in [5.41, 5.74) is -0.943. The smallest absolute Gasteiger partial charge is 0.187 e. The third-order valence-electron chi connectivity index (χ3n) is 2.68. The van der Waals surface area contributed by atoms with Crippen LogP contribution in [0.2, 0.25) is 0 Å². The van der Waals surface area contributed by atoms with Crippen LogP contribution in [0, 0.1) is 5.82 Å². The summed E-state index contributed by atoms with van der Waals surface area (Å²) in [6.45, 7) is 0. The minimum Gasteiger partial charge on any atom is -0.770 e. The molecule has 15 heavy (non-hydrogen) atoms. The Hall–Kier alpha value is -0.810. The Morgan fingerprint density at radius 3 is 2.67 bits per heavy atom. The molecule has 0 aliphatic heterocycles. The molecule has 2 unspecified atom stereocenters. The van der Waals surface area contributed by atoms with Gasteiger partial charge in [-0.15, -0.1) is 0 Å². The molecule has 2 atom stereocenters. The van der Waals surface area contributed by atoms with Crippen molar-refractivity contribution >= 4 is 11.1 Å². The topological polar surface area (TPSA) is 40.1 Å². The second kappa shape index (κ2) is 3.98. The van der Waals surface area contributed by atoms with Gasteiger partial charge in [-0.05, 0) is 47.5 Å². The minimum absolute atomic E-state index is 0.0947. The van der Waals surface area contributed by atoms with Crippen molar-refractivity contribution in [2.24, 2.45) is 0 Å². The quantitative estimate of drug-likeness (QED) is 0.732. The van der Waals surface area contributed by atoms with Crippen molar-refractivity contribution in [2.45, 2.75) is 24.8 Å². The number of alkyl halides is 1. The lowest BCUT2D eigenvalue weighted by molar-refractivity contribution is 0.410. The molecule has 2 rings (SSSR count). The lowest BCUT2D eigenvalue weighted by atomic mass is 10.0. The van der Waals surface area contributed by atoms with Crippen LogP contribution in [0.1, 0.15) is 28.6 Å². The fraction of sp³-hybridized carbons (Fsp3) is 0.400. The average Bonchev–Trinajstić information content (AvgIpc) is 2.66. The van der Waals surface area contributed by atoms with Gasteiger partial charge in [0.2, 0.25) is 0 Å². The summed E-state index contributed by atoms with van der Waals surface area (Å²) in [5, 5.41) is 0. The minimum atomic E-state index is -2.80. The Balaban J connectivity index is 2.50. The molecule has 1 aromatic rings. The third kappa shape index (κ3) is 1.81. The molecular weight excluding hydrogens is 222 g/mol. The van der Waals surface area contributed by atoms with Crippen molar-refractivity contribution in [1.29, 1.82) is 0 Å². The highest BCUT2D eigenvalue weighted by molar-refractivity contribution is 7.79. The lowest BCUT2D eigenvalue weighted by Crippen LogP contribution is -2.04. The van der Waals surface area contributed by atoms with Crippen molar-refractivity contribution in [1.82, 2.24) is 0 Å². The Morgan fingerprint density at radius 1 is 1.33 bits per heavy atom. The monoisotopic (exact) mass is 231 g/mol. The number of fused-ring (bicyclic) bond motifs is 1. The van der Waals surface area contributed by atoms with Crippen molar-refractivity contribution in [3.05, 3.63) is 34.6 Å². The number of benzene rings is 1. The lowest BCUT2D eigenvalue weighted by Gasteiger charge is -2.15. The normalized spacial score (nSPS) is 18.6. The van der Waals surface area contributed by atoms with Gasteiger partial charge in [-0.25, -0.2) is 8.78 Å². The van der Waals surface area contributed by atoms with Gasteiger partial charge in [0.1, 0.15) is 5.82 Å². The van der Waals surface area contributed by atoms with Crippen molar-refractivity contribution in [3.63, 3.8) is 0 Å². The van der Waals surface area contributed by atoms with E-state index >= 15 is 0 Å². The van der Waals surface area contributed by atoms with Crippen LogP contribution < -0.4 is 0 Å². The SMILES string of the molecule is O=S([O-])C(F)c1ccc(F)c2c1CCC2. The van der Waals surface area contributed by atoms with Crippen molar-refractivity contribution < 1.29 is 17.5 Å². The number of hydrogen-bond acceptors (Lipinski definition) is 2. The molecule has 0 saturated carbocycles. The van der Waals surface area contributed by atoms with Crippen LogP contribution in [0.5, 0.6) is 0 Å². The molecule has 0 bridgehead atoms. The molecule has 1 aliphatic rings. The number of hydrogen-bond donors (Lipinski definition) is 0.